The van der Waals surface area contributed by atoms with Gasteiger partial charge in [-0.3, -0.25) is 19.8 Å². The zero-order chi connectivity index (χ0) is 23.8. The molecule has 0 bridgehead atoms. The number of halogens is 1. The number of carbonyl (C=O) groups is 1. The molecule has 0 radical (unpaired) electrons. The van der Waals surface area contributed by atoms with E-state index in [9.17, 15) is 9.18 Å². The third-order valence-electron chi connectivity index (χ3n) is 5.35. The molecule has 3 aromatic rings. The standard InChI is InChI=1S/C25H27FN6O/c1-18(7-5-3-4-6-12-29-17-33)32(22-10-11-24-21(13-22)16-31(2)30-24)25(28)19-8-9-20(15-27)23(26)14-19/h7-11,13-14,16-17,28H,3-6,12H2,1-2H3,(H,29,33)/b18-7+,28-25?. The molecule has 1 heterocycles. The van der Waals surface area contributed by atoms with E-state index in [4.69, 9.17) is 10.7 Å². The smallest absolute Gasteiger partial charge is 0.207 e. The maximum absolute atomic E-state index is 14.3. The van der Waals surface area contributed by atoms with E-state index in [1.165, 1.54) is 12.1 Å². The van der Waals surface area contributed by atoms with E-state index >= 15 is 0 Å². The molecule has 1 amide bonds. The molecular weight excluding hydrogens is 419 g/mol. The number of benzene rings is 2. The van der Waals surface area contributed by atoms with E-state index in [0.717, 1.165) is 48.0 Å². The maximum Gasteiger partial charge on any atom is 0.207 e. The number of amidine groups is 1. The van der Waals surface area contributed by atoms with Crippen LogP contribution < -0.4 is 10.2 Å². The Kier molecular flexibility index (Phi) is 7.92. The summed E-state index contributed by atoms with van der Waals surface area (Å²) in [7, 11) is 1.86. The Hall–Kier alpha value is -3.99. The van der Waals surface area contributed by atoms with Crippen molar-refractivity contribution in [1.29, 1.82) is 10.7 Å². The van der Waals surface area contributed by atoms with Gasteiger partial charge in [0.05, 0.1) is 11.1 Å². The topological polar surface area (TPSA) is 97.8 Å². The predicted octanol–water partition coefficient (Wildman–Crippen LogP) is 4.63. The highest BCUT2D eigenvalue weighted by molar-refractivity contribution is 6.10. The van der Waals surface area contributed by atoms with E-state index < -0.39 is 5.82 Å². The van der Waals surface area contributed by atoms with Crippen molar-refractivity contribution in [3.8, 4) is 6.07 Å². The Morgan fingerprint density at radius 2 is 2.09 bits per heavy atom. The van der Waals surface area contributed by atoms with Crippen LogP contribution in [0.5, 0.6) is 0 Å². The number of nitriles is 1. The number of anilines is 1. The molecule has 0 aliphatic carbocycles. The van der Waals surface area contributed by atoms with Gasteiger partial charge in [0.25, 0.3) is 0 Å². The van der Waals surface area contributed by atoms with Crippen molar-refractivity contribution >= 4 is 28.8 Å². The summed E-state index contributed by atoms with van der Waals surface area (Å²) in [5.41, 5.74) is 2.80. The number of hydrogen-bond acceptors (Lipinski definition) is 4. The average molecular weight is 447 g/mol. The van der Waals surface area contributed by atoms with Gasteiger partial charge >= 0.3 is 0 Å². The highest BCUT2D eigenvalue weighted by atomic mass is 19.1. The summed E-state index contributed by atoms with van der Waals surface area (Å²) in [4.78, 5) is 12.1. The number of nitrogens with zero attached hydrogens (tertiary/aromatic N) is 4. The van der Waals surface area contributed by atoms with Crippen molar-refractivity contribution in [3.63, 3.8) is 0 Å². The molecule has 7 nitrogen and oxygen atoms in total. The van der Waals surface area contributed by atoms with Crippen molar-refractivity contribution < 1.29 is 9.18 Å². The van der Waals surface area contributed by atoms with Crippen LogP contribution in [0.3, 0.4) is 0 Å². The molecule has 33 heavy (non-hydrogen) atoms. The lowest BCUT2D eigenvalue weighted by Gasteiger charge is -2.26. The summed E-state index contributed by atoms with van der Waals surface area (Å²) in [6, 6.07) is 11.8. The summed E-state index contributed by atoms with van der Waals surface area (Å²) in [5, 5.41) is 25.9. The zero-order valence-corrected chi connectivity index (χ0v) is 18.8. The molecule has 0 saturated carbocycles. The number of hydrogen-bond donors (Lipinski definition) is 2. The number of fused-ring (bicyclic) bond motifs is 1. The molecule has 0 unspecified atom stereocenters. The lowest BCUT2D eigenvalue weighted by atomic mass is 10.1. The summed E-state index contributed by atoms with van der Waals surface area (Å²) in [6.45, 7) is 2.59. The molecular formula is C25H27FN6O. The van der Waals surface area contributed by atoms with Crippen molar-refractivity contribution in [1.82, 2.24) is 15.1 Å². The van der Waals surface area contributed by atoms with Crippen LogP contribution in [0.15, 0.2) is 54.4 Å². The van der Waals surface area contributed by atoms with Crippen LogP contribution in [0.1, 0.15) is 43.7 Å². The van der Waals surface area contributed by atoms with Gasteiger partial charge < -0.3 is 5.32 Å². The van der Waals surface area contributed by atoms with Gasteiger partial charge in [0, 0.05) is 42.1 Å². The third-order valence-corrected chi connectivity index (χ3v) is 5.35. The number of allylic oxidation sites excluding steroid dienone is 2. The number of amides is 1. The lowest BCUT2D eigenvalue weighted by molar-refractivity contribution is -0.109. The second-order valence-corrected chi connectivity index (χ2v) is 7.80. The van der Waals surface area contributed by atoms with Crippen molar-refractivity contribution in [3.05, 3.63) is 71.3 Å². The second-order valence-electron chi connectivity index (χ2n) is 7.80. The average Bonchev–Trinajstić information content (AvgIpc) is 3.17. The van der Waals surface area contributed by atoms with Gasteiger partial charge in [0.15, 0.2) is 0 Å². The largest absolute Gasteiger partial charge is 0.359 e. The predicted molar refractivity (Wildman–Crippen MR) is 127 cm³/mol. The number of rotatable bonds is 10. The van der Waals surface area contributed by atoms with Crippen LogP contribution in [-0.2, 0) is 11.8 Å². The second kappa shape index (κ2) is 11.0. The van der Waals surface area contributed by atoms with Crippen LogP contribution in [0, 0.1) is 22.6 Å². The maximum atomic E-state index is 14.3. The number of carbonyl (C=O) groups excluding carboxylic acids is 1. The Morgan fingerprint density at radius 3 is 2.82 bits per heavy atom. The van der Waals surface area contributed by atoms with E-state index in [0.29, 0.717) is 18.5 Å². The van der Waals surface area contributed by atoms with Gasteiger partial charge in [-0.2, -0.15) is 10.4 Å². The number of unbranched alkanes of at least 4 members (excludes halogenated alkanes) is 3. The molecule has 0 aliphatic rings. The quantitative estimate of drug-likeness (QED) is 0.205. The van der Waals surface area contributed by atoms with Crippen LogP contribution in [0.4, 0.5) is 10.1 Å². The number of aryl methyl sites for hydroxylation is 1. The van der Waals surface area contributed by atoms with Gasteiger partial charge in [-0.15, -0.1) is 0 Å². The number of aromatic nitrogens is 2. The molecule has 0 atom stereocenters. The first kappa shape index (κ1) is 23.7. The molecule has 0 saturated heterocycles. The summed E-state index contributed by atoms with van der Waals surface area (Å²) in [6.07, 6.45) is 8.33. The van der Waals surface area contributed by atoms with Gasteiger partial charge in [0.1, 0.15) is 17.7 Å². The number of nitrogens with one attached hydrogen (secondary N) is 2. The van der Waals surface area contributed by atoms with Gasteiger partial charge in [-0.1, -0.05) is 12.5 Å². The summed E-state index contributed by atoms with van der Waals surface area (Å²) in [5.74, 6) is -0.529. The minimum Gasteiger partial charge on any atom is -0.359 e. The highest BCUT2D eigenvalue weighted by Crippen LogP contribution is 2.27. The summed E-state index contributed by atoms with van der Waals surface area (Å²) >= 11 is 0. The monoisotopic (exact) mass is 446 g/mol. The molecule has 8 heteroatoms. The SMILES string of the molecule is C/C(=C\CCCCCNC=O)N(C(=N)c1ccc(C#N)c(F)c1)c1ccc2nn(C)cc2c1. The van der Waals surface area contributed by atoms with E-state index in [-0.39, 0.29) is 11.4 Å². The molecule has 170 valence electrons. The molecule has 0 aliphatic heterocycles. The zero-order valence-electron chi connectivity index (χ0n) is 18.8. The van der Waals surface area contributed by atoms with E-state index in [1.807, 2.05) is 44.4 Å². The van der Waals surface area contributed by atoms with Gasteiger partial charge in [0.2, 0.25) is 6.41 Å². The fourth-order valence-electron chi connectivity index (χ4n) is 3.68. The molecule has 0 spiro atoms. The van der Waals surface area contributed by atoms with Crippen molar-refractivity contribution in [2.75, 3.05) is 11.4 Å². The first-order valence-electron chi connectivity index (χ1n) is 10.8. The van der Waals surface area contributed by atoms with E-state index in [2.05, 4.69) is 16.5 Å². The van der Waals surface area contributed by atoms with Crippen LogP contribution in [0.2, 0.25) is 0 Å². The molecule has 1 aromatic heterocycles. The fourth-order valence-corrected chi connectivity index (χ4v) is 3.68. The third kappa shape index (κ3) is 5.83. The van der Waals surface area contributed by atoms with Crippen LogP contribution in [0.25, 0.3) is 10.9 Å². The Bertz CT molecular complexity index is 1220. The van der Waals surface area contributed by atoms with E-state index in [1.54, 1.807) is 15.6 Å². The normalized spacial score (nSPS) is 11.3. The Morgan fingerprint density at radius 1 is 1.27 bits per heavy atom. The van der Waals surface area contributed by atoms with Crippen LogP contribution in [-0.4, -0.2) is 28.6 Å². The first-order valence-corrected chi connectivity index (χ1v) is 10.8. The molecule has 3 rings (SSSR count). The summed E-state index contributed by atoms with van der Waals surface area (Å²) < 4.78 is 16.0. The van der Waals surface area contributed by atoms with Crippen molar-refractivity contribution in [2.24, 2.45) is 7.05 Å². The first-order chi connectivity index (χ1) is 15.9. The van der Waals surface area contributed by atoms with Crippen molar-refractivity contribution in [2.45, 2.75) is 32.6 Å². The van der Waals surface area contributed by atoms with Crippen LogP contribution >= 0.6 is 0 Å². The fraction of sp³-hybridized carbons (Fsp3) is 0.280. The lowest BCUT2D eigenvalue weighted by Crippen LogP contribution is -2.29. The molecule has 2 N–H and O–H groups in total. The van der Waals surface area contributed by atoms with Gasteiger partial charge in [-0.05, 0) is 62.6 Å². The minimum atomic E-state index is -0.645. The highest BCUT2D eigenvalue weighted by Gasteiger charge is 2.18. The Labute approximate surface area is 192 Å². The molecule has 2 aromatic carbocycles. The minimum absolute atomic E-state index is 0.0498. The van der Waals surface area contributed by atoms with Gasteiger partial charge in [-0.25, -0.2) is 4.39 Å². The molecule has 0 fully saturated rings. The Balaban J connectivity index is 1.89.